The van der Waals surface area contributed by atoms with Crippen molar-refractivity contribution >= 4 is 5.97 Å². The third-order valence-corrected chi connectivity index (χ3v) is 7.72. The molecule has 1 rings (SSSR count). The highest BCUT2D eigenvalue weighted by atomic mass is 16.7. The molecule has 1 saturated heterocycles. The third kappa shape index (κ3) is 20.6. The third-order valence-electron chi connectivity index (χ3n) is 7.72. The number of carboxylic acid groups (broad SMARTS) is 1. The normalized spacial score (nSPS) is 22.4. The van der Waals surface area contributed by atoms with E-state index >= 15 is 0 Å². The molecule has 0 unspecified atom stereocenters. The summed E-state index contributed by atoms with van der Waals surface area (Å²) in [6.07, 6.45) is 3.88. The molecule has 256 valence electrons. The van der Waals surface area contributed by atoms with Gasteiger partial charge in [0, 0.05) is 39.1 Å². The minimum absolute atomic E-state index is 0.272. The van der Waals surface area contributed by atoms with Crippen LogP contribution in [0.5, 0.6) is 0 Å². The summed E-state index contributed by atoms with van der Waals surface area (Å²) in [5.41, 5.74) is 0. The van der Waals surface area contributed by atoms with Crippen LogP contribution in [-0.4, -0.2) is 152 Å². The van der Waals surface area contributed by atoms with E-state index in [0.29, 0.717) is 13.2 Å². The predicted octanol–water partition coefficient (Wildman–Crippen LogP) is -0.531. The molecule has 0 radical (unpaired) electrons. The second kappa shape index (κ2) is 27.3. The van der Waals surface area contributed by atoms with E-state index < -0.39 is 43.3 Å². The van der Waals surface area contributed by atoms with E-state index in [1.807, 2.05) is 0 Å². The quantitative estimate of drug-likeness (QED) is 0.0466. The maximum atomic E-state index is 10.4. The van der Waals surface area contributed by atoms with Gasteiger partial charge in [0.1, 0.15) is 24.4 Å². The van der Waals surface area contributed by atoms with E-state index in [1.54, 1.807) is 0 Å². The first kappa shape index (κ1) is 40.1. The van der Waals surface area contributed by atoms with E-state index in [-0.39, 0.29) is 6.42 Å². The zero-order chi connectivity index (χ0) is 31.5. The molecule has 43 heavy (non-hydrogen) atoms. The van der Waals surface area contributed by atoms with Crippen molar-refractivity contribution in [2.45, 2.75) is 102 Å². The van der Waals surface area contributed by atoms with Gasteiger partial charge in [0.05, 0.1) is 13.2 Å². The Hall–Kier alpha value is -0.970. The molecule has 5 atom stereocenters. The van der Waals surface area contributed by atoms with Gasteiger partial charge >= 0.3 is 5.97 Å². The average molecular weight is 622 g/mol. The number of nitrogens with zero attached hydrogens (tertiary/aromatic N) is 1. The summed E-state index contributed by atoms with van der Waals surface area (Å²) in [5.74, 6) is -0.708. The summed E-state index contributed by atoms with van der Waals surface area (Å²) < 4.78 is 11.0. The van der Waals surface area contributed by atoms with Crippen molar-refractivity contribution in [1.29, 1.82) is 0 Å². The Morgan fingerprint density at radius 2 is 1.21 bits per heavy atom. The van der Waals surface area contributed by atoms with Crippen molar-refractivity contribution in [3.8, 4) is 0 Å². The topological polar surface area (TPSA) is 188 Å². The van der Waals surface area contributed by atoms with E-state index in [9.17, 15) is 25.2 Å². The Kier molecular flexibility index (Phi) is 25.5. The summed E-state index contributed by atoms with van der Waals surface area (Å²) in [4.78, 5) is 12.7. The van der Waals surface area contributed by atoms with Crippen LogP contribution in [0.4, 0.5) is 0 Å². The van der Waals surface area contributed by atoms with Crippen LogP contribution in [0, 0.1) is 0 Å². The summed E-state index contributed by atoms with van der Waals surface area (Å²) in [5, 5.41) is 61.5. The number of nitrogens with one attached hydrogen (secondary N) is 4. The lowest BCUT2D eigenvalue weighted by molar-refractivity contribution is -0.301. The first-order valence-electron chi connectivity index (χ1n) is 16.6. The molecule has 13 heteroatoms. The van der Waals surface area contributed by atoms with E-state index in [1.165, 1.54) is 32.1 Å². The van der Waals surface area contributed by atoms with Crippen molar-refractivity contribution in [3.63, 3.8) is 0 Å². The highest BCUT2D eigenvalue weighted by molar-refractivity contribution is 5.66. The molecular formula is C30H63N5O8. The van der Waals surface area contributed by atoms with Crippen LogP contribution < -0.4 is 21.3 Å². The number of carbonyl (C=O) groups is 1. The number of hydrogen-bond donors (Lipinski definition) is 9. The molecule has 0 bridgehead atoms. The molecule has 0 spiro atoms. The lowest BCUT2D eigenvalue weighted by Crippen LogP contribution is -2.59. The number of hydrogen-bond acceptors (Lipinski definition) is 12. The van der Waals surface area contributed by atoms with Crippen LogP contribution in [0.15, 0.2) is 0 Å². The average Bonchev–Trinajstić information content (AvgIpc) is 3.00. The molecule has 1 aliphatic heterocycles. The van der Waals surface area contributed by atoms with Crippen LogP contribution >= 0.6 is 0 Å². The van der Waals surface area contributed by atoms with Crippen molar-refractivity contribution < 1.29 is 39.8 Å². The van der Waals surface area contributed by atoms with Gasteiger partial charge in [-0.2, -0.15) is 0 Å². The lowest BCUT2D eigenvalue weighted by Gasteiger charge is -2.39. The minimum Gasteiger partial charge on any atom is -0.481 e. The van der Waals surface area contributed by atoms with Gasteiger partial charge < -0.3 is 61.2 Å². The Morgan fingerprint density at radius 3 is 1.77 bits per heavy atom. The van der Waals surface area contributed by atoms with Crippen molar-refractivity contribution in [1.82, 2.24) is 26.2 Å². The number of aliphatic hydroxyl groups is 4. The van der Waals surface area contributed by atoms with Crippen LogP contribution in [0.2, 0.25) is 0 Å². The second-order valence-electron chi connectivity index (χ2n) is 11.3. The number of unbranched alkanes of at least 4 members (excludes halogenated alkanes) is 6. The maximum Gasteiger partial charge on any atom is 0.303 e. The number of ether oxygens (including phenoxy) is 2. The molecule has 1 heterocycles. The van der Waals surface area contributed by atoms with Crippen molar-refractivity contribution in [3.05, 3.63) is 0 Å². The second-order valence-corrected chi connectivity index (χ2v) is 11.3. The molecule has 13 nitrogen and oxygen atoms in total. The van der Waals surface area contributed by atoms with Gasteiger partial charge in [0.2, 0.25) is 0 Å². The molecule has 1 aliphatic rings. The lowest BCUT2D eigenvalue weighted by atomic mass is 9.99. The maximum absolute atomic E-state index is 10.4. The number of carboxylic acids is 1. The van der Waals surface area contributed by atoms with E-state index in [4.69, 9.17) is 14.6 Å². The van der Waals surface area contributed by atoms with Gasteiger partial charge in [-0.15, -0.1) is 0 Å². The number of aliphatic hydroxyl groups excluding tert-OH is 4. The number of likely N-dealkylation sites (N-methyl/N-ethyl adjacent to an activating group) is 1. The highest BCUT2D eigenvalue weighted by Gasteiger charge is 2.43. The van der Waals surface area contributed by atoms with Crippen LogP contribution in [0.1, 0.15) is 71.1 Å². The zero-order valence-corrected chi connectivity index (χ0v) is 26.6. The fourth-order valence-electron chi connectivity index (χ4n) is 4.93. The Balaban J connectivity index is 1.83. The summed E-state index contributed by atoms with van der Waals surface area (Å²) in [6.45, 7) is 12.4. The van der Waals surface area contributed by atoms with Gasteiger partial charge in [0.15, 0.2) is 6.29 Å². The monoisotopic (exact) mass is 621 g/mol. The largest absolute Gasteiger partial charge is 0.481 e. The zero-order valence-electron chi connectivity index (χ0n) is 26.6. The van der Waals surface area contributed by atoms with Crippen LogP contribution in [0.25, 0.3) is 0 Å². The Labute approximate surface area is 259 Å². The van der Waals surface area contributed by atoms with Gasteiger partial charge in [-0.05, 0) is 77.8 Å². The fourth-order valence-corrected chi connectivity index (χ4v) is 4.93. The van der Waals surface area contributed by atoms with Crippen LogP contribution in [-0.2, 0) is 14.3 Å². The SMILES string of the molecule is CCN(CCCCCCNCCCCNCCNCCNCCCCCC(=O)O)CCO[C@H]1O[C@H](CO)[C@@H](O)[C@H](O)[C@@H]1O. The smallest absolute Gasteiger partial charge is 0.303 e. The predicted molar refractivity (Wildman–Crippen MR) is 167 cm³/mol. The van der Waals surface area contributed by atoms with Crippen molar-refractivity contribution in [2.75, 3.05) is 85.2 Å². The molecule has 0 aromatic heterocycles. The molecule has 1 fully saturated rings. The minimum atomic E-state index is -1.41. The Bertz CT molecular complexity index is 652. The summed E-state index contributed by atoms with van der Waals surface area (Å²) in [7, 11) is 0. The fraction of sp³-hybridized carbons (Fsp3) is 0.967. The molecule has 9 N–H and O–H groups in total. The molecule has 0 aliphatic carbocycles. The molecule has 0 aromatic carbocycles. The van der Waals surface area contributed by atoms with Gasteiger partial charge in [-0.25, -0.2) is 0 Å². The van der Waals surface area contributed by atoms with Crippen molar-refractivity contribution in [2.24, 2.45) is 0 Å². The van der Waals surface area contributed by atoms with Gasteiger partial charge in [-0.3, -0.25) is 4.79 Å². The summed E-state index contributed by atoms with van der Waals surface area (Å²) in [6, 6.07) is 0. The van der Waals surface area contributed by atoms with Crippen LogP contribution in [0.3, 0.4) is 0 Å². The summed E-state index contributed by atoms with van der Waals surface area (Å²) >= 11 is 0. The standard InChI is InChI=1S/C30H63N5O8/c1-2-35(22-23-42-30-29(41)28(40)27(39)25(24-36)43-30)21-11-4-3-7-13-31-15-9-10-16-33-18-20-34-19-17-32-14-8-5-6-12-26(37)38/h25,27-34,36,39-41H,2-24H2,1H3,(H,37,38)/t25-,27-,28+,29+,30+/m1/s1. The molecule has 0 saturated carbocycles. The van der Waals surface area contributed by atoms with Gasteiger partial charge in [-0.1, -0.05) is 26.2 Å². The van der Waals surface area contributed by atoms with Gasteiger partial charge in [0.25, 0.3) is 0 Å². The number of aliphatic carboxylic acids is 1. The van der Waals surface area contributed by atoms with E-state index in [0.717, 1.165) is 91.1 Å². The molecule has 0 amide bonds. The Morgan fingerprint density at radius 1 is 0.698 bits per heavy atom. The molecular weight excluding hydrogens is 558 g/mol. The highest BCUT2D eigenvalue weighted by Crippen LogP contribution is 2.21. The first-order chi connectivity index (χ1) is 20.9. The first-order valence-corrected chi connectivity index (χ1v) is 16.6. The molecule has 0 aromatic rings. The number of rotatable bonds is 30. The van der Waals surface area contributed by atoms with E-state index in [2.05, 4.69) is 33.1 Å².